The van der Waals surface area contributed by atoms with Crippen molar-refractivity contribution in [3.8, 4) is 11.5 Å². The second-order valence-electron chi connectivity index (χ2n) is 4.53. The SMILES string of the molecule is CNC(=O)NCCOc1c[c]cc(OCc2ccccc2)c1. The van der Waals surface area contributed by atoms with Gasteiger partial charge in [0.1, 0.15) is 24.7 Å². The smallest absolute Gasteiger partial charge is 0.314 e. The molecular weight excluding hydrogens is 280 g/mol. The minimum atomic E-state index is -0.227. The van der Waals surface area contributed by atoms with Gasteiger partial charge in [0, 0.05) is 13.1 Å². The number of hydrogen-bond acceptors (Lipinski definition) is 3. The molecule has 0 bridgehead atoms. The topological polar surface area (TPSA) is 59.6 Å². The van der Waals surface area contributed by atoms with E-state index in [-0.39, 0.29) is 6.03 Å². The molecule has 2 aromatic rings. The van der Waals surface area contributed by atoms with Gasteiger partial charge in [0.05, 0.1) is 6.54 Å². The molecule has 0 aromatic heterocycles. The van der Waals surface area contributed by atoms with E-state index in [0.717, 1.165) is 5.56 Å². The first-order valence-corrected chi connectivity index (χ1v) is 7.04. The number of carbonyl (C=O) groups excluding carboxylic acids is 1. The second kappa shape index (κ2) is 8.56. The zero-order valence-corrected chi connectivity index (χ0v) is 12.5. The highest BCUT2D eigenvalue weighted by Gasteiger charge is 2.00. The Morgan fingerprint density at radius 2 is 1.86 bits per heavy atom. The average molecular weight is 299 g/mol. The molecule has 0 spiro atoms. The van der Waals surface area contributed by atoms with Crippen molar-refractivity contribution in [1.82, 2.24) is 10.6 Å². The van der Waals surface area contributed by atoms with E-state index >= 15 is 0 Å². The van der Waals surface area contributed by atoms with Gasteiger partial charge in [-0.05, 0) is 23.8 Å². The fourth-order valence-corrected chi connectivity index (χ4v) is 1.76. The van der Waals surface area contributed by atoms with E-state index < -0.39 is 0 Å². The third kappa shape index (κ3) is 5.36. The molecule has 0 fully saturated rings. The third-order valence-corrected chi connectivity index (χ3v) is 2.87. The van der Waals surface area contributed by atoms with Crippen LogP contribution in [-0.2, 0) is 6.61 Å². The van der Waals surface area contributed by atoms with Gasteiger partial charge in [0.15, 0.2) is 0 Å². The van der Waals surface area contributed by atoms with Crippen LogP contribution in [-0.4, -0.2) is 26.2 Å². The Morgan fingerprint density at radius 1 is 1.14 bits per heavy atom. The molecule has 5 nitrogen and oxygen atoms in total. The molecule has 22 heavy (non-hydrogen) atoms. The van der Waals surface area contributed by atoms with Crippen LogP contribution in [0.25, 0.3) is 0 Å². The van der Waals surface area contributed by atoms with Gasteiger partial charge in [-0.25, -0.2) is 4.79 Å². The molecule has 0 aliphatic heterocycles. The molecule has 0 unspecified atom stereocenters. The quantitative estimate of drug-likeness (QED) is 0.772. The van der Waals surface area contributed by atoms with Crippen LogP contribution in [0.15, 0.2) is 48.5 Å². The standard InChI is InChI=1S/C17H19N2O3/c1-18-17(20)19-10-11-21-15-8-5-9-16(12-15)22-13-14-6-3-2-4-7-14/h2-4,6-9,12H,10-11,13H2,1H3,(H2,18,19,20). The number of hydrogen-bond donors (Lipinski definition) is 2. The maximum atomic E-state index is 11.0. The molecule has 2 aromatic carbocycles. The van der Waals surface area contributed by atoms with Gasteiger partial charge in [-0.15, -0.1) is 0 Å². The van der Waals surface area contributed by atoms with Crippen LogP contribution in [0, 0.1) is 6.07 Å². The number of benzene rings is 2. The summed E-state index contributed by atoms with van der Waals surface area (Å²) in [5.74, 6) is 1.35. The zero-order valence-electron chi connectivity index (χ0n) is 12.5. The lowest BCUT2D eigenvalue weighted by atomic mass is 10.2. The molecule has 5 heteroatoms. The van der Waals surface area contributed by atoms with Crippen molar-refractivity contribution in [2.24, 2.45) is 0 Å². The summed E-state index contributed by atoms with van der Waals surface area (Å²) in [6, 6.07) is 18.0. The summed E-state index contributed by atoms with van der Waals surface area (Å²) < 4.78 is 11.2. The number of carbonyl (C=O) groups is 1. The monoisotopic (exact) mass is 299 g/mol. The summed E-state index contributed by atoms with van der Waals surface area (Å²) in [7, 11) is 1.57. The summed E-state index contributed by atoms with van der Waals surface area (Å²) in [5.41, 5.74) is 1.10. The van der Waals surface area contributed by atoms with Crippen molar-refractivity contribution in [1.29, 1.82) is 0 Å². The first-order valence-electron chi connectivity index (χ1n) is 7.04. The van der Waals surface area contributed by atoms with Crippen molar-refractivity contribution in [3.05, 3.63) is 60.2 Å². The molecule has 0 aliphatic rings. The maximum Gasteiger partial charge on any atom is 0.314 e. The highest BCUT2D eigenvalue weighted by molar-refractivity contribution is 5.73. The second-order valence-corrected chi connectivity index (χ2v) is 4.53. The van der Waals surface area contributed by atoms with Gasteiger partial charge in [-0.2, -0.15) is 0 Å². The van der Waals surface area contributed by atoms with Crippen molar-refractivity contribution in [3.63, 3.8) is 0 Å². The molecule has 0 aliphatic carbocycles. The molecule has 0 atom stereocenters. The summed E-state index contributed by atoms with van der Waals surface area (Å²) in [6.45, 7) is 1.30. The zero-order chi connectivity index (χ0) is 15.6. The number of ether oxygens (including phenoxy) is 2. The highest BCUT2D eigenvalue weighted by atomic mass is 16.5. The van der Waals surface area contributed by atoms with Gasteiger partial charge >= 0.3 is 6.03 Å². The highest BCUT2D eigenvalue weighted by Crippen LogP contribution is 2.19. The lowest BCUT2D eigenvalue weighted by Crippen LogP contribution is -2.35. The van der Waals surface area contributed by atoms with Crippen LogP contribution < -0.4 is 20.1 Å². The maximum absolute atomic E-state index is 11.0. The lowest BCUT2D eigenvalue weighted by molar-refractivity contribution is 0.238. The van der Waals surface area contributed by atoms with Crippen molar-refractivity contribution >= 4 is 6.03 Å². The molecule has 0 saturated carbocycles. The number of nitrogens with one attached hydrogen (secondary N) is 2. The number of amides is 2. The van der Waals surface area contributed by atoms with Gasteiger partial charge in [-0.1, -0.05) is 30.3 Å². The van der Waals surface area contributed by atoms with Crippen molar-refractivity contribution in [2.75, 3.05) is 20.2 Å². The van der Waals surface area contributed by atoms with E-state index in [1.807, 2.05) is 30.3 Å². The van der Waals surface area contributed by atoms with Crippen molar-refractivity contribution in [2.45, 2.75) is 6.61 Å². The summed E-state index contributed by atoms with van der Waals surface area (Å²) >= 11 is 0. The van der Waals surface area contributed by atoms with Crippen LogP contribution in [0.3, 0.4) is 0 Å². The fraction of sp³-hybridized carbons (Fsp3) is 0.235. The molecule has 2 rings (SSSR count). The van der Waals surface area contributed by atoms with Gasteiger partial charge in [-0.3, -0.25) is 0 Å². The first kappa shape index (κ1) is 15.7. The predicted octanol–water partition coefficient (Wildman–Crippen LogP) is 2.37. The Bertz CT molecular complexity index is 587. The van der Waals surface area contributed by atoms with E-state index in [4.69, 9.17) is 9.47 Å². The van der Waals surface area contributed by atoms with Crippen LogP contribution >= 0.6 is 0 Å². The first-order chi connectivity index (χ1) is 10.8. The van der Waals surface area contributed by atoms with Gasteiger partial charge in [0.25, 0.3) is 0 Å². The molecule has 0 saturated heterocycles. The summed E-state index contributed by atoms with van der Waals surface area (Å²) in [6.07, 6.45) is 0. The van der Waals surface area contributed by atoms with E-state index in [0.29, 0.717) is 31.3 Å². The average Bonchev–Trinajstić information content (AvgIpc) is 2.58. The summed E-state index contributed by atoms with van der Waals surface area (Å²) in [5, 5.41) is 5.12. The fourth-order valence-electron chi connectivity index (χ4n) is 1.76. The number of rotatable bonds is 7. The van der Waals surface area contributed by atoms with Crippen LogP contribution in [0.5, 0.6) is 11.5 Å². The van der Waals surface area contributed by atoms with E-state index in [2.05, 4.69) is 16.7 Å². The Hall–Kier alpha value is -2.69. The van der Waals surface area contributed by atoms with E-state index in [1.165, 1.54) is 0 Å². The minimum Gasteiger partial charge on any atom is -0.492 e. The Kier molecular flexibility index (Phi) is 6.11. The van der Waals surface area contributed by atoms with Crippen LogP contribution in [0.4, 0.5) is 4.79 Å². The molecule has 0 heterocycles. The third-order valence-electron chi connectivity index (χ3n) is 2.87. The predicted molar refractivity (Wildman–Crippen MR) is 84.0 cm³/mol. The van der Waals surface area contributed by atoms with Crippen LogP contribution in [0.2, 0.25) is 0 Å². The van der Waals surface area contributed by atoms with E-state index in [1.54, 1.807) is 25.2 Å². The normalized spacial score (nSPS) is 9.86. The Balaban J connectivity index is 1.78. The minimum absolute atomic E-state index is 0.227. The Morgan fingerprint density at radius 3 is 2.59 bits per heavy atom. The van der Waals surface area contributed by atoms with Gasteiger partial charge in [0.2, 0.25) is 0 Å². The molecule has 115 valence electrons. The molecular formula is C17H19N2O3. The van der Waals surface area contributed by atoms with Crippen molar-refractivity contribution < 1.29 is 14.3 Å². The Labute approximate surface area is 130 Å². The molecule has 2 N–H and O–H groups in total. The largest absolute Gasteiger partial charge is 0.492 e. The molecule has 1 radical (unpaired) electrons. The van der Waals surface area contributed by atoms with Gasteiger partial charge < -0.3 is 20.1 Å². The lowest BCUT2D eigenvalue weighted by Gasteiger charge is -2.10. The van der Waals surface area contributed by atoms with Crippen LogP contribution in [0.1, 0.15) is 5.56 Å². The van der Waals surface area contributed by atoms with E-state index in [9.17, 15) is 4.79 Å². The number of urea groups is 1. The summed E-state index contributed by atoms with van der Waals surface area (Å²) in [4.78, 5) is 11.0. The molecule has 2 amide bonds.